The van der Waals surface area contributed by atoms with E-state index in [-0.39, 0.29) is 24.0 Å². The Hall–Kier alpha value is -1.93. The van der Waals surface area contributed by atoms with E-state index in [0.717, 1.165) is 56.2 Å². The molecule has 0 aliphatic carbocycles. The minimum absolute atomic E-state index is 0. The summed E-state index contributed by atoms with van der Waals surface area (Å²) in [5.74, 6) is 0.863. The van der Waals surface area contributed by atoms with Gasteiger partial charge in [0.05, 0.1) is 5.69 Å². The van der Waals surface area contributed by atoms with E-state index in [1.807, 2.05) is 31.4 Å². The molecule has 0 saturated carbocycles. The van der Waals surface area contributed by atoms with Crippen molar-refractivity contribution in [1.82, 2.24) is 20.5 Å². The molecular weight excluding hydrogens is 473 g/mol. The fourth-order valence-corrected chi connectivity index (χ4v) is 3.57. The predicted molar refractivity (Wildman–Crippen MR) is 133 cm³/mol. The number of likely N-dealkylation sites (tertiary alicyclic amines) is 1. The van der Waals surface area contributed by atoms with Crippen LogP contribution in [0.25, 0.3) is 11.3 Å². The maximum Gasteiger partial charge on any atom is 0.191 e. The molecule has 1 aliphatic heterocycles. The van der Waals surface area contributed by atoms with E-state index >= 15 is 0 Å². The fraction of sp³-hybridized carbons (Fsp3) is 0.391. The molecule has 2 aromatic rings. The van der Waals surface area contributed by atoms with Gasteiger partial charge in [-0.05, 0) is 43.5 Å². The highest BCUT2D eigenvalue weighted by Crippen LogP contribution is 2.17. The van der Waals surface area contributed by atoms with Crippen molar-refractivity contribution >= 4 is 29.9 Å². The molecule has 3 rings (SSSR count). The Morgan fingerprint density at radius 3 is 2.66 bits per heavy atom. The third-order valence-electron chi connectivity index (χ3n) is 4.99. The van der Waals surface area contributed by atoms with Crippen molar-refractivity contribution < 1.29 is 0 Å². The van der Waals surface area contributed by atoms with Crippen LogP contribution in [0.1, 0.15) is 25.3 Å². The van der Waals surface area contributed by atoms with Gasteiger partial charge in [0.2, 0.25) is 0 Å². The first-order valence-corrected chi connectivity index (χ1v) is 9.98. The standard InChI is InChI=1S/C23H31N5.HI/c1-18(2)17-28-13-10-21(11-14-28)27-23(24-3)26-16-19-7-6-8-20(15-19)22-9-4-5-12-25-22;/h4-9,12,15,21H,1,10-11,13-14,16-17H2,2-3H3,(H2,24,26,27);1H. The zero-order valence-electron chi connectivity index (χ0n) is 17.4. The van der Waals surface area contributed by atoms with E-state index in [2.05, 4.69) is 63.3 Å². The van der Waals surface area contributed by atoms with Gasteiger partial charge in [0.1, 0.15) is 0 Å². The molecule has 5 nitrogen and oxygen atoms in total. The van der Waals surface area contributed by atoms with E-state index in [1.54, 1.807) is 0 Å². The molecule has 2 heterocycles. The quantitative estimate of drug-likeness (QED) is 0.269. The normalized spacial score (nSPS) is 15.4. The zero-order chi connectivity index (χ0) is 19.8. The number of hydrogen-bond donors (Lipinski definition) is 2. The Bertz CT molecular complexity index is 798. The van der Waals surface area contributed by atoms with Crippen LogP contribution in [0.3, 0.4) is 0 Å². The lowest BCUT2D eigenvalue weighted by Gasteiger charge is -2.33. The van der Waals surface area contributed by atoms with Crippen molar-refractivity contribution in [2.45, 2.75) is 32.4 Å². The molecule has 0 atom stereocenters. The van der Waals surface area contributed by atoms with Crippen molar-refractivity contribution in [2.24, 2.45) is 4.99 Å². The maximum absolute atomic E-state index is 4.44. The lowest BCUT2D eigenvalue weighted by molar-refractivity contribution is 0.221. The number of guanidine groups is 1. The zero-order valence-corrected chi connectivity index (χ0v) is 19.7. The second-order valence-electron chi connectivity index (χ2n) is 7.49. The van der Waals surface area contributed by atoms with Crippen molar-refractivity contribution in [3.8, 4) is 11.3 Å². The number of nitrogens with zero attached hydrogens (tertiary/aromatic N) is 3. The summed E-state index contributed by atoms with van der Waals surface area (Å²) in [5.41, 5.74) is 4.57. The molecule has 29 heavy (non-hydrogen) atoms. The molecule has 1 fully saturated rings. The minimum Gasteiger partial charge on any atom is -0.354 e. The molecule has 1 saturated heterocycles. The number of nitrogens with one attached hydrogen (secondary N) is 2. The number of aliphatic imine (C=N–C) groups is 1. The first-order valence-electron chi connectivity index (χ1n) is 9.98. The number of benzene rings is 1. The van der Waals surface area contributed by atoms with Crippen LogP contribution in [-0.2, 0) is 6.54 Å². The minimum atomic E-state index is 0. The van der Waals surface area contributed by atoms with Crippen molar-refractivity contribution in [1.29, 1.82) is 0 Å². The number of piperidine rings is 1. The molecule has 0 spiro atoms. The molecule has 0 bridgehead atoms. The lowest BCUT2D eigenvalue weighted by atomic mass is 10.0. The van der Waals surface area contributed by atoms with Gasteiger partial charge in [0, 0.05) is 51.0 Å². The Kier molecular flexibility index (Phi) is 9.60. The Balaban J connectivity index is 0.00000300. The summed E-state index contributed by atoms with van der Waals surface area (Å²) in [6, 6.07) is 14.9. The highest BCUT2D eigenvalue weighted by molar-refractivity contribution is 14.0. The topological polar surface area (TPSA) is 52.5 Å². The van der Waals surface area contributed by atoms with Gasteiger partial charge in [-0.3, -0.25) is 14.9 Å². The summed E-state index contributed by atoms with van der Waals surface area (Å²) in [4.78, 5) is 11.3. The monoisotopic (exact) mass is 505 g/mol. The number of rotatable bonds is 6. The molecule has 1 aromatic heterocycles. The highest BCUT2D eigenvalue weighted by atomic mass is 127. The molecule has 6 heteroatoms. The van der Waals surface area contributed by atoms with Crippen LogP contribution in [0.2, 0.25) is 0 Å². The summed E-state index contributed by atoms with van der Waals surface area (Å²) < 4.78 is 0. The highest BCUT2D eigenvalue weighted by Gasteiger charge is 2.19. The van der Waals surface area contributed by atoms with Gasteiger partial charge in [-0.2, -0.15) is 0 Å². The number of aromatic nitrogens is 1. The third-order valence-corrected chi connectivity index (χ3v) is 4.99. The number of hydrogen-bond acceptors (Lipinski definition) is 3. The van der Waals surface area contributed by atoms with Crippen LogP contribution >= 0.6 is 24.0 Å². The maximum atomic E-state index is 4.44. The van der Waals surface area contributed by atoms with Crippen LogP contribution in [0.15, 0.2) is 65.8 Å². The van der Waals surface area contributed by atoms with E-state index in [4.69, 9.17) is 0 Å². The van der Waals surface area contributed by atoms with E-state index in [9.17, 15) is 0 Å². The summed E-state index contributed by atoms with van der Waals surface area (Å²) in [7, 11) is 1.83. The molecule has 1 aliphatic rings. The largest absolute Gasteiger partial charge is 0.354 e. The second kappa shape index (κ2) is 11.9. The Morgan fingerprint density at radius 1 is 1.21 bits per heavy atom. The number of halogens is 1. The second-order valence-corrected chi connectivity index (χ2v) is 7.49. The fourth-order valence-electron chi connectivity index (χ4n) is 3.57. The first-order chi connectivity index (χ1) is 13.6. The van der Waals surface area contributed by atoms with Crippen molar-refractivity contribution in [3.63, 3.8) is 0 Å². The molecule has 2 N–H and O–H groups in total. The van der Waals surface area contributed by atoms with Crippen LogP contribution in [0.4, 0.5) is 0 Å². The van der Waals surface area contributed by atoms with Gasteiger partial charge < -0.3 is 10.6 Å². The van der Waals surface area contributed by atoms with E-state index in [0.29, 0.717) is 6.04 Å². The summed E-state index contributed by atoms with van der Waals surface area (Å²) >= 11 is 0. The third kappa shape index (κ3) is 7.44. The van der Waals surface area contributed by atoms with Gasteiger partial charge in [0.15, 0.2) is 5.96 Å². The van der Waals surface area contributed by atoms with Crippen LogP contribution < -0.4 is 10.6 Å². The molecular formula is C23H32IN5. The Labute approximate surface area is 191 Å². The molecule has 156 valence electrons. The smallest absolute Gasteiger partial charge is 0.191 e. The number of pyridine rings is 1. The van der Waals surface area contributed by atoms with E-state index in [1.165, 1.54) is 11.1 Å². The van der Waals surface area contributed by atoms with Gasteiger partial charge in [-0.1, -0.05) is 36.4 Å². The molecule has 0 amide bonds. The Morgan fingerprint density at radius 2 is 2.00 bits per heavy atom. The average molecular weight is 505 g/mol. The van der Waals surface area contributed by atoms with Crippen LogP contribution in [-0.4, -0.2) is 48.6 Å². The van der Waals surface area contributed by atoms with Gasteiger partial charge in [0.25, 0.3) is 0 Å². The molecule has 0 radical (unpaired) electrons. The summed E-state index contributed by atoms with van der Waals surface area (Å²) in [6.07, 6.45) is 4.08. The lowest BCUT2D eigenvalue weighted by Crippen LogP contribution is -2.48. The van der Waals surface area contributed by atoms with Gasteiger partial charge >= 0.3 is 0 Å². The van der Waals surface area contributed by atoms with Crippen LogP contribution in [0.5, 0.6) is 0 Å². The van der Waals surface area contributed by atoms with Gasteiger partial charge in [-0.15, -0.1) is 24.0 Å². The van der Waals surface area contributed by atoms with Crippen molar-refractivity contribution in [3.05, 3.63) is 66.4 Å². The van der Waals surface area contributed by atoms with Crippen molar-refractivity contribution in [2.75, 3.05) is 26.7 Å². The summed E-state index contributed by atoms with van der Waals surface area (Å²) in [5, 5.41) is 7.02. The molecule has 0 unspecified atom stereocenters. The predicted octanol–water partition coefficient (Wildman–Crippen LogP) is 4.07. The van der Waals surface area contributed by atoms with Crippen LogP contribution in [0, 0.1) is 0 Å². The molecule has 1 aromatic carbocycles. The first kappa shape index (κ1) is 23.3. The summed E-state index contributed by atoms with van der Waals surface area (Å²) in [6.45, 7) is 10.1. The van der Waals surface area contributed by atoms with Gasteiger partial charge in [-0.25, -0.2) is 0 Å². The van der Waals surface area contributed by atoms with E-state index < -0.39 is 0 Å². The SMILES string of the molecule is C=C(C)CN1CCC(NC(=NC)NCc2cccc(-c3ccccn3)c2)CC1.I. The average Bonchev–Trinajstić information content (AvgIpc) is 2.73.